The van der Waals surface area contributed by atoms with Gasteiger partial charge in [0.25, 0.3) is 0 Å². The molecule has 0 bridgehead atoms. The molecule has 22 heavy (non-hydrogen) atoms. The Balaban J connectivity index is 1.90. The average molecular weight is 305 g/mol. The third kappa shape index (κ3) is 4.48. The number of carbonyl (C=O) groups is 1. The van der Waals surface area contributed by atoms with Gasteiger partial charge in [-0.15, -0.1) is 0 Å². The van der Waals surface area contributed by atoms with Gasteiger partial charge in [-0.2, -0.15) is 0 Å². The van der Waals surface area contributed by atoms with E-state index in [4.69, 9.17) is 14.1 Å². The van der Waals surface area contributed by atoms with Crippen LogP contribution in [0.5, 0.6) is 0 Å². The van der Waals surface area contributed by atoms with Gasteiger partial charge in [0.05, 0.1) is 11.1 Å². The number of carbonyl (C=O) groups excluding carboxylic acids is 1. The van der Waals surface area contributed by atoms with Gasteiger partial charge in [-0.05, 0) is 38.4 Å². The van der Waals surface area contributed by atoms with E-state index in [2.05, 4.69) is 19.3 Å². The minimum absolute atomic E-state index is 0.0547. The van der Waals surface area contributed by atoms with Crippen LogP contribution >= 0.6 is 0 Å². The molecule has 1 saturated heterocycles. The molecule has 0 saturated carbocycles. The molecule has 0 amide bonds. The number of benzene rings is 1. The molecule has 1 aliphatic rings. The molecule has 0 radical (unpaired) electrons. The fourth-order valence-corrected chi connectivity index (χ4v) is 1.85. The van der Waals surface area contributed by atoms with Crippen molar-refractivity contribution in [3.8, 4) is 0 Å². The summed E-state index contributed by atoms with van der Waals surface area (Å²) in [7, 11) is -0.334. The SMILES string of the molecule is CC1(C)COB(c2ccc(NOC(=O)C(C)(C)C)cc2)OC1. The van der Waals surface area contributed by atoms with Crippen LogP contribution in [-0.4, -0.2) is 26.3 Å². The molecule has 5 nitrogen and oxygen atoms in total. The lowest BCUT2D eigenvalue weighted by atomic mass is 9.76. The smallest absolute Gasteiger partial charge is 0.407 e. The lowest BCUT2D eigenvalue weighted by molar-refractivity contribution is -0.149. The van der Waals surface area contributed by atoms with Gasteiger partial charge in [-0.1, -0.05) is 26.0 Å². The third-order valence-electron chi connectivity index (χ3n) is 3.31. The van der Waals surface area contributed by atoms with Gasteiger partial charge in [-0.3, -0.25) is 0 Å². The highest BCUT2D eigenvalue weighted by molar-refractivity contribution is 6.61. The molecule has 6 heteroatoms. The molecule has 120 valence electrons. The van der Waals surface area contributed by atoms with Crippen LogP contribution in [0.15, 0.2) is 24.3 Å². The second-order valence-electron chi connectivity index (χ2n) is 7.48. The summed E-state index contributed by atoms with van der Waals surface area (Å²) in [5.74, 6) is -0.308. The Morgan fingerprint density at radius 1 is 1.18 bits per heavy atom. The van der Waals surface area contributed by atoms with Gasteiger partial charge in [0.15, 0.2) is 0 Å². The lowest BCUT2D eigenvalue weighted by Gasteiger charge is -2.33. The Morgan fingerprint density at radius 3 is 2.23 bits per heavy atom. The van der Waals surface area contributed by atoms with Crippen LogP contribution in [-0.2, 0) is 18.9 Å². The summed E-state index contributed by atoms with van der Waals surface area (Å²) < 4.78 is 11.5. The Morgan fingerprint density at radius 2 is 1.73 bits per heavy atom. The maximum absolute atomic E-state index is 11.7. The van der Waals surface area contributed by atoms with Gasteiger partial charge in [0.2, 0.25) is 0 Å². The maximum atomic E-state index is 11.7. The normalized spacial score (nSPS) is 18.0. The molecule has 1 aliphatic heterocycles. The molecular weight excluding hydrogens is 281 g/mol. The van der Waals surface area contributed by atoms with E-state index in [1.54, 1.807) is 20.8 Å². The van der Waals surface area contributed by atoms with E-state index in [-0.39, 0.29) is 18.5 Å². The van der Waals surface area contributed by atoms with Crippen LogP contribution in [0.25, 0.3) is 0 Å². The summed E-state index contributed by atoms with van der Waals surface area (Å²) in [6.45, 7) is 11.0. The van der Waals surface area contributed by atoms with Crippen LogP contribution in [0.2, 0.25) is 0 Å². The van der Waals surface area contributed by atoms with Crippen LogP contribution in [0.3, 0.4) is 0 Å². The van der Waals surface area contributed by atoms with Crippen molar-refractivity contribution >= 4 is 24.2 Å². The predicted octanol–water partition coefficient (Wildman–Crippen LogP) is 2.37. The Hall–Kier alpha value is -1.53. The van der Waals surface area contributed by atoms with Crippen molar-refractivity contribution in [3.63, 3.8) is 0 Å². The number of hydrogen-bond donors (Lipinski definition) is 1. The van der Waals surface area contributed by atoms with Crippen molar-refractivity contribution < 1.29 is 18.9 Å². The highest BCUT2D eigenvalue weighted by atomic mass is 16.7. The highest BCUT2D eigenvalue weighted by Gasteiger charge is 2.33. The molecule has 1 aromatic rings. The van der Waals surface area contributed by atoms with E-state index in [1.165, 1.54) is 0 Å². The standard InChI is InChI=1S/C16H24BNO4/c1-15(2,3)14(19)22-18-13-8-6-12(7-9-13)17-20-10-16(4,5)11-21-17/h6-9,18H,10-11H2,1-5H3. The molecule has 1 aromatic carbocycles. The maximum Gasteiger partial charge on any atom is 0.493 e. The Labute approximate surface area is 132 Å². The van der Waals surface area contributed by atoms with Crippen LogP contribution < -0.4 is 10.9 Å². The number of hydrogen-bond acceptors (Lipinski definition) is 5. The molecule has 1 fully saturated rings. The third-order valence-corrected chi connectivity index (χ3v) is 3.31. The zero-order valence-electron chi connectivity index (χ0n) is 13.9. The quantitative estimate of drug-likeness (QED) is 0.686. The fourth-order valence-electron chi connectivity index (χ4n) is 1.85. The summed E-state index contributed by atoms with van der Waals surface area (Å²) in [4.78, 5) is 16.7. The monoisotopic (exact) mass is 305 g/mol. The first-order valence-electron chi connectivity index (χ1n) is 7.48. The zero-order valence-corrected chi connectivity index (χ0v) is 13.9. The first-order chi connectivity index (χ1) is 10.2. The van der Waals surface area contributed by atoms with Crippen molar-refractivity contribution in [1.82, 2.24) is 0 Å². The average Bonchev–Trinajstić information content (AvgIpc) is 2.44. The molecule has 1 N–H and O–H groups in total. The first-order valence-corrected chi connectivity index (χ1v) is 7.48. The predicted molar refractivity (Wildman–Crippen MR) is 86.7 cm³/mol. The van der Waals surface area contributed by atoms with E-state index >= 15 is 0 Å². The number of nitrogens with one attached hydrogen (secondary N) is 1. The second-order valence-corrected chi connectivity index (χ2v) is 7.48. The summed E-state index contributed by atoms with van der Waals surface area (Å²) in [5, 5.41) is 0. The molecule has 0 aromatic heterocycles. The minimum atomic E-state index is -0.538. The topological polar surface area (TPSA) is 56.8 Å². The van der Waals surface area contributed by atoms with Gasteiger partial charge in [0, 0.05) is 18.6 Å². The van der Waals surface area contributed by atoms with Crippen LogP contribution in [0, 0.1) is 10.8 Å². The molecule has 2 rings (SSSR count). The van der Waals surface area contributed by atoms with E-state index in [0.29, 0.717) is 18.9 Å². The molecule has 0 spiro atoms. The summed E-state index contributed by atoms with van der Waals surface area (Å²) in [5.41, 5.74) is 3.83. The largest absolute Gasteiger partial charge is 0.493 e. The molecule has 0 atom stereocenters. The van der Waals surface area contributed by atoms with Crippen molar-refractivity contribution in [1.29, 1.82) is 0 Å². The van der Waals surface area contributed by atoms with Crippen LogP contribution in [0.4, 0.5) is 5.69 Å². The molecule has 0 unspecified atom stereocenters. The molecule has 0 aliphatic carbocycles. The lowest BCUT2D eigenvalue weighted by Crippen LogP contribution is -2.47. The summed E-state index contributed by atoms with van der Waals surface area (Å²) in [6, 6.07) is 7.46. The first kappa shape index (κ1) is 16.8. The Bertz CT molecular complexity index is 512. The van der Waals surface area contributed by atoms with E-state index in [1.807, 2.05) is 24.3 Å². The number of anilines is 1. The van der Waals surface area contributed by atoms with Crippen molar-refractivity contribution in [2.45, 2.75) is 34.6 Å². The zero-order chi connectivity index (χ0) is 16.4. The van der Waals surface area contributed by atoms with E-state index in [0.717, 1.165) is 5.46 Å². The minimum Gasteiger partial charge on any atom is -0.407 e. The second kappa shape index (κ2) is 6.30. The highest BCUT2D eigenvalue weighted by Crippen LogP contribution is 2.21. The van der Waals surface area contributed by atoms with Crippen molar-refractivity contribution in [2.24, 2.45) is 10.8 Å². The molecule has 1 heterocycles. The van der Waals surface area contributed by atoms with E-state index in [9.17, 15) is 4.79 Å². The molecular formula is C16H24BNO4. The number of rotatable bonds is 3. The van der Waals surface area contributed by atoms with Crippen molar-refractivity contribution in [3.05, 3.63) is 24.3 Å². The van der Waals surface area contributed by atoms with Gasteiger partial charge in [-0.25, -0.2) is 10.3 Å². The van der Waals surface area contributed by atoms with Gasteiger partial charge < -0.3 is 14.1 Å². The summed E-state index contributed by atoms with van der Waals surface area (Å²) in [6.07, 6.45) is 0. The van der Waals surface area contributed by atoms with Gasteiger partial charge >= 0.3 is 13.1 Å². The van der Waals surface area contributed by atoms with E-state index < -0.39 is 5.41 Å². The van der Waals surface area contributed by atoms with Crippen LogP contribution in [0.1, 0.15) is 34.6 Å². The van der Waals surface area contributed by atoms with Crippen molar-refractivity contribution in [2.75, 3.05) is 18.7 Å². The fraction of sp³-hybridized carbons (Fsp3) is 0.562. The van der Waals surface area contributed by atoms with Gasteiger partial charge in [0.1, 0.15) is 0 Å². The Kier molecular flexibility index (Phi) is 4.82. The summed E-state index contributed by atoms with van der Waals surface area (Å²) >= 11 is 0.